The van der Waals surface area contributed by atoms with Gasteiger partial charge in [0.25, 0.3) is 23.0 Å². The van der Waals surface area contributed by atoms with E-state index in [9.17, 15) is 69.8 Å². The zero-order valence-electron chi connectivity index (χ0n) is 84.1. The third kappa shape index (κ3) is 60.3. The van der Waals surface area contributed by atoms with Crippen LogP contribution in [0.1, 0.15) is 157 Å². The average Bonchev–Trinajstić information content (AvgIpc) is 1.68. The van der Waals surface area contributed by atoms with Gasteiger partial charge < -0.3 is 97.3 Å². The van der Waals surface area contributed by atoms with Gasteiger partial charge >= 0.3 is 65.4 Å². The summed E-state index contributed by atoms with van der Waals surface area (Å²) in [5.74, 6) is -11.9. The van der Waals surface area contributed by atoms with E-state index in [4.69, 9.17) is 93.6 Å². The molecule has 0 bridgehead atoms. The Balaban J connectivity index is -0.000000500. The van der Waals surface area contributed by atoms with Gasteiger partial charge in [0.15, 0.2) is 11.4 Å². The first-order chi connectivity index (χ1) is 65.3. The van der Waals surface area contributed by atoms with Crippen molar-refractivity contribution in [3.8, 4) is 0 Å². The molecule has 0 aromatic heterocycles. The number of carbonyl (C=O) groups excluding carboxylic acids is 7. The van der Waals surface area contributed by atoms with Crippen molar-refractivity contribution in [1.29, 1.82) is 0 Å². The Bertz CT molecular complexity index is 4800. The predicted molar refractivity (Wildman–Crippen MR) is 561 cm³/mol. The molecule has 0 spiro atoms. The van der Waals surface area contributed by atoms with Gasteiger partial charge in [-0.05, 0) is 148 Å². The van der Waals surface area contributed by atoms with Gasteiger partial charge in [0.05, 0.1) is 98.8 Å². The fraction of sp³-hybridized carbons (Fsp3) is 0.442. The van der Waals surface area contributed by atoms with Crippen molar-refractivity contribution in [2.75, 3.05) is 126 Å². The molecule has 28 nitrogen and oxygen atoms in total. The second-order valence-corrected chi connectivity index (χ2v) is 35.5. The van der Waals surface area contributed by atoms with E-state index in [2.05, 4.69) is 57.5 Å². The molecule has 806 valence electrons. The molecule has 6 aromatic carbocycles. The van der Waals surface area contributed by atoms with E-state index in [1.54, 1.807) is 178 Å². The van der Waals surface area contributed by atoms with Crippen LogP contribution in [0.3, 0.4) is 0 Å². The Morgan fingerprint density at radius 1 is 0.469 bits per heavy atom. The largest absolute Gasteiger partial charge is 1.00 e. The standard InChI is InChI=1S/C15H18O3.C13H14F2O3.C13H16O4.C13H14O4.C13H14O3.C8H14O2.C7H5ClO.C6H8F2O3.C6H10F2O2.C5H8O.C3H6O.C2H7P.Na.H2O.4H2S/c1-4-11-18-15(3,5-2)12-17-14(16)13-9-7-6-8-10-13;1-12(7-13(14,15)9-18-12)8-17-11(16)10-5-3-2-4-6-10;2*1-13(7-11(14)8-17-13)9-16-12(15)10-5-3-2-4-6-10;1-13(8-5-9-16-13)10-15-12(14)11-6-3-2-4-7-11;1-4-6-10-8(3,5-2)7-9;8-7(9)6-4-2-1-3-5-6;1-5(4(9)10)2-6(7,8)3-11-5;1-5(3-9)2-6(7,8)4-10-5;1-3-5(2)4-6-5;1-2-3-4;1-3-2;;;;;;/h4-10H,1-2,11-12H2,3H3;2-6H,7-9H2,1H3;2-6,11,14H,7-9H2,1H3;2-6H,7-9H2,1H3;2-8H,9-10H2,1H3;4-5,9H,1-2,6-7H2,3H3;1-5H;2-3H2,1H3,(H,9,10);9H,2-4H2,1H3;3H,1,4H2,2H3;2,4H,1,3H2;3H,1-2H3;;5*1H2/q;;;;;;;;;;;;+1;;;;;/p-1/t15-;12-;11?,13-;2*13-;8-;;2*5-;;;;;;;;;/m000000.00........./s1. The van der Waals surface area contributed by atoms with Crippen molar-refractivity contribution in [2.45, 2.75) is 169 Å². The van der Waals surface area contributed by atoms with Crippen molar-refractivity contribution >= 4 is 121 Å². The molecular formula is C104H143ClF6NaO28PS4. The number of carboxylic acids is 1. The first-order valence-electron chi connectivity index (χ1n) is 43.8. The summed E-state index contributed by atoms with van der Waals surface area (Å²) >= 11 is 5.16. The van der Waals surface area contributed by atoms with Crippen molar-refractivity contribution in [1.82, 2.24) is 0 Å². The number of hydrogen-bond acceptors (Lipinski definition) is 27. The maximum Gasteiger partial charge on any atom is 1.00 e. The van der Waals surface area contributed by atoms with Gasteiger partial charge in [-0.2, -0.15) is 54.0 Å². The third-order valence-electron chi connectivity index (χ3n) is 19.9. The molecule has 6 aromatic rings. The Labute approximate surface area is 903 Å². The number of halogens is 7. The fourth-order valence-corrected chi connectivity index (χ4v) is 11.7. The Hall–Kier alpha value is -8.20. The number of ketones is 1. The smallest absolute Gasteiger partial charge is 0.870 e. The Morgan fingerprint density at radius 3 is 1.05 bits per heavy atom. The minimum absolute atomic E-state index is 0. The number of Topliss-reactive ketones (excluding diaryl/α,β-unsaturated/α-hetero) is 1. The number of alkyl halides is 6. The van der Waals surface area contributed by atoms with E-state index in [1.807, 2.05) is 88.4 Å². The summed E-state index contributed by atoms with van der Waals surface area (Å²) in [7, 11) is 1.08. The summed E-state index contributed by atoms with van der Waals surface area (Å²) < 4.78 is 147. The summed E-state index contributed by atoms with van der Waals surface area (Å²) in [6, 6.07) is 52.5. The number of aliphatic carboxylic acids is 1. The van der Waals surface area contributed by atoms with Gasteiger partial charge in [-0.15, -0.1) is 48.1 Å². The SMILES string of the molecule is C=CC1(C)CO1.C=CCO.C=CCO[C@@](C)(C=C)CO.C=CCO[C@@](C)(C=C)COC(=O)c1ccccc1.CPC.C[C@@]1(C(=O)O)CC(F)(F)CO1.C[C@@]1(CO)CC(F)(F)CO1.C[C@@]1(COC(=O)c2ccccc2)C=CCO1.C[C@@]1(COC(=O)c2ccccc2)CC(=O)CO1.C[C@@]1(COC(=O)c2ccccc2)CC(F)(F)CO1.C[C@@]1(COC(=O)c2ccccc2)CC(O)CO1.O=C(Cl)c1ccccc1.S.S.S.S.[Na+].[OH-]. The van der Waals surface area contributed by atoms with Crippen molar-refractivity contribution in [3.05, 3.63) is 303 Å². The summed E-state index contributed by atoms with van der Waals surface area (Å²) in [4.78, 5) is 90.2. The van der Waals surface area contributed by atoms with Gasteiger partial charge in [-0.25, -0.2) is 55.1 Å². The molecule has 41 heteroatoms. The number of carboxylic acid groups (broad SMARTS) is 1. The Kier molecular flexibility index (Phi) is 73.2. The van der Waals surface area contributed by atoms with Gasteiger partial charge in [0.1, 0.15) is 98.7 Å². The van der Waals surface area contributed by atoms with Crippen LogP contribution in [-0.2, 0) is 75.9 Å². The minimum atomic E-state index is -2.99. The summed E-state index contributed by atoms with van der Waals surface area (Å²) in [6.45, 7) is 41.5. The molecule has 0 aliphatic carbocycles. The quantitative estimate of drug-likeness (QED) is 0.00425. The van der Waals surface area contributed by atoms with Crippen molar-refractivity contribution < 1.29 is 192 Å². The zero-order valence-corrected chi connectivity index (χ0v) is 91.9. The second-order valence-electron chi connectivity index (χ2n) is 34.2. The number of ether oxygens (including phenoxy) is 14. The van der Waals surface area contributed by atoms with E-state index < -0.39 is 124 Å². The first-order valence-corrected chi connectivity index (χ1v) is 46.2. The number of benzene rings is 6. The number of esters is 5. The van der Waals surface area contributed by atoms with Crippen LogP contribution in [-0.4, -0.2) is 278 Å². The topological polar surface area (TPSA) is 400 Å². The minimum Gasteiger partial charge on any atom is -0.870 e. The normalized spacial score (nSPS) is 22.6. The van der Waals surface area contributed by atoms with E-state index in [1.165, 1.54) is 19.9 Å². The van der Waals surface area contributed by atoms with Crippen LogP contribution in [0.15, 0.2) is 270 Å². The van der Waals surface area contributed by atoms with Crippen LogP contribution in [0, 0.1) is 0 Å². The van der Waals surface area contributed by atoms with Gasteiger partial charge in [-0.3, -0.25) is 9.59 Å². The Morgan fingerprint density at radius 2 is 0.807 bits per heavy atom. The number of hydrogen-bond donors (Lipinski definition) is 5. The number of aliphatic hydroxyl groups is 4. The summed E-state index contributed by atoms with van der Waals surface area (Å²) in [6.07, 6.45) is 12.4. The molecular weight excluding hydrogens is 2030 g/mol. The molecule has 6 N–H and O–H groups in total. The van der Waals surface area contributed by atoms with Gasteiger partial charge in [0, 0.05) is 31.2 Å². The maximum absolute atomic E-state index is 13.0. The molecule has 0 radical (unpaired) electrons. The molecule has 0 saturated carbocycles. The molecule has 2 unspecified atom stereocenters. The zero-order chi connectivity index (χ0) is 105. The number of aliphatic hydroxyl groups excluding tert-OH is 4. The van der Waals surface area contributed by atoms with Crippen LogP contribution < -0.4 is 29.6 Å². The summed E-state index contributed by atoms with van der Waals surface area (Å²) in [5.41, 5.74) is -3.75. The second kappa shape index (κ2) is 73.0. The predicted octanol–water partition coefficient (Wildman–Crippen LogP) is 15.0. The van der Waals surface area contributed by atoms with E-state index >= 15 is 0 Å². The van der Waals surface area contributed by atoms with Crippen LogP contribution in [0.2, 0.25) is 0 Å². The molecule has 13 rings (SSSR count). The number of rotatable bonds is 29. The van der Waals surface area contributed by atoms with Crippen LogP contribution in [0.4, 0.5) is 26.3 Å². The molecule has 6 fully saturated rings. The van der Waals surface area contributed by atoms with E-state index in [-0.39, 0.29) is 184 Å². The molecule has 145 heavy (non-hydrogen) atoms. The van der Waals surface area contributed by atoms with Gasteiger partial charge in [-0.1, -0.05) is 170 Å². The molecule has 6 saturated heterocycles. The molecule has 7 aliphatic rings. The molecule has 0 amide bonds. The third-order valence-corrected chi connectivity index (χ3v) is 20.1. The first kappa shape index (κ1) is 145. The van der Waals surface area contributed by atoms with E-state index in [0.717, 1.165) is 22.1 Å². The average molecular weight is 2170 g/mol. The monoisotopic (exact) mass is 2170 g/mol. The van der Waals surface area contributed by atoms with Gasteiger partial charge in [0.2, 0.25) is 0 Å². The fourth-order valence-electron chi connectivity index (χ4n) is 11.6. The molecule has 7 aliphatic heterocycles. The molecule has 7 heterocycles. The van der Waals surface area contributed by atoms with Crippen LogP contribution in [0.5, 0.6) is 0 Å². The van der Waals surface area contributed by atoms with Crippen LogP contribution in [0.25, 0.3) is 0 Å². The number of epoxide rings is 1. The van der Waals surface area contributed by atoms with Crippen LogP contribution >= 0.6 is 74.2 Å². The number of carbonyl (C=O) groups is 8. The van der Waals surface area contributed by atoms with Crippen molar-refractivity contribution in [2.24, 2.45) is 0 Å². The molecule has 10 atom stereocenters. The maximum atomic E-state index is 13.0. The summed E-state index contributed by atoms with van der Waals surface area (Å²) in [5, 5.41) is 42.6. The van der Waals surface area contributed by atoms with Crippen molar-refractivity contribution in [3.63, 3.8) is 0 Å². The van der Waals surface area contributed by atoms with E-state index in [0.29, 0.717) is 72.6 Å².